The van der Waals surface area contributed by atoms with Crippen LogP contribution in [-0.4, -0.2) is 24.1 Å². The molecular weight excluding hydrogens is 307 g/mol. The summed E-state index contributed by atoms with van der Waals surface area (Å²) in [6.45, 7) is 0.662. The number of rotatable bonds is 2. The number of anilines is 1. The Bertz CT molecular complexity index is 405. The van der Waals surface area contributed by atoms with Gasteiger partial charge in [0.25, 0.3) is 0 Å². The van der Waals surface area contributed by atoms with E-state index < -0.39 is 11.0 Å². The van der Waals surface area contributed by atoms with Gasteiger partial charge < -0.3 is 4.90 Å². The van der Waals surface area contributed by atoms with Crippen LogP contribution in [0.5, 0.6) is 0 Å². The maximum Gasteiger partial charge on any atom is 0.402 e. The van der Waals surface area contributed by atoms with Crippen LogP contribution in [0.15, 0.2) is 24.3 Å². The molecule has 0 N–H and O–H groups in total. The molecule has 1 aliphatic heterocycles. The van der Waals surface area contributed by atoms with E-state index in [4.69, 9.17) is 0 Å². The van der Waals surface area contributed by atoms with Crippen LogP contribution >= 0.6 is 15.9 Å². The smallest absolute Gasteiger partial charge is 0.370 e. The number of fused-ring (bicyclic) bond motifs is 1. The van der Waals surface area contributed by atoms with Gasteiger partial charge in [0.15, 0.2) is 0 Å². The van der Waals surface area contributed by atoms with E-state index in [0.29, 0.717) is 6.54 Å². The highest BCUT2D eigenvalue weighted by Crippen LogP contribution is 2.31. The van der Waals surface area contributed by atoms with Crippen molar-refractivity contribution in [2.24, 2.45) is 0 Å². The molecule has 0 saturated carbocycles. The van der Waals surface area contributed by atoms with Gasteiger partial charge in [-0.3, -0.25) is 0 Å². The number of hydrogen-bond donors (Lipinski definition) is 0. The lowest BCUT2D eigenvalue weighted by Gasteiger charge is -2.28. The second-order valence-corrected chi connectivity index (χ2v) is 5.65. The van der Waals surface area contributed by atoms with Gasteiger partial charge in [0.05, 0.1) is 0 Å². The van der Waals surface area contributed by atoms with Gasteiger partial charge in [0.1, 0.15) is 4.83 Å². The Hall–Kier alpha value is -0.710. The predicted octanol–water partition coefficient (Wildman–Crippen LogP) is 4.16. The third-order valence-electron chi connectivity index (χ3n) is 3.19. The fraction of sp³-hybridized carbons (Fsp3) is 0.538. The van der Waals surface area contributed by atoms with Crippen LogP contribution in [0, 0.1) is 0 Å². The van der Waals surface area contributed by atoms with E-state index in [1.54, 1.807) is 0 Å². The van der Waals surface area contributed by atoms with Crippen molar-refractivity contribution in [3.63, 3.8) is 0 Å². The van der Waals surface area contributed by atoms with E-state index in [1.165, 1.54) is 0 Å². The number of hydrogen-bond acceptors (Lipinski definition) is 1. The van der Waals surface area contributed by atoms with Crippen molar-refractivity contribution in [2.75, 3.05) is 18.0 Å². The molecule has 1 heterocycles. The zero-order valence-electron chi connectivity index (χ0n) is 9.88. The van der Waals surface area contributed by atoms with E-state index in [9.17, 15) is 13.2 Å². The van der Waals surface area contributed by atoms with E-state index in [-0.39, 0.29) is 6.54 Å². The molecule has 1 aromatic rings. The molecule has 1 unspecified atom stereocenters. The first-order valence-corrected chi connectivity index (χ1v) is 6.93. The number of para-hydroxylation sites is 1. The summed E-state index contributed by atoms with van der Waals surface area (Å²) in [7, 11) is 0. The fourth-order valence-electron chi connectivity index (χ4n) is 2.26. The molecule has 0 bridgehead atoms. The summed E-state index contributed by atoms with van der Waals surface area (Å²) in [4.78, 5) is 0.367. The highest BCUT2D eigenvalue weighted by molar-refractivity contribution is 9.09. The van der Waals surface area contributed by atoms with Crippen molar-refractivity contribution in [2.45, 2.75) is 30.3 Å². The zero-order chi connectivity index (χ0) is 13.2. The molecule has 1 aliphatic rings. The van der Waals surface area contributed by atoms with Crippen molar-refractivity contribution >= 4 is 21.6 Å². The molecule has 0 fully saturated rings. The van der Waals surface area contributed by atoms with Crippen LogP contribution in [0.4, 0.5) is 18.9 Å². The van der Waals surface area contributed by atoms with Gasteiger partial charge in [-0.2, -0.15) is 13.2 Å². The van der Waals surface area contributed by atoms with Crippen molar-refractivity contribution in [1.29, 1.82) is 0 Å². The van der Waals surface area contributed by atoms with Gasteiger partial charge >= 0.3 is 6.18 Å². The Balaban J connectivity index is 2.18. The summed E-state index contributed by atoms with van der Waals surface area (Å²) in [5.74, 6) is 0. The molecule has 100 valence electrons. The van der Waals surface area contributed by atoms with Crippen LogP contribution in [0.2, 0.25) is 0 Å². The SMILES string of the molecule is FC(F)(F)C(Br)CN1CCCCc2ccccc21. The average Bonchev–Trinajstić information content (AvgIpc) is 2.51. The third-order valence-corrected chi connectivity index (χ3v) is 4.00. The largest absolute Gasteiger partial charge is 0.402 e. The van der Waals surface area contributed by atoms with Gasteiger partial charge in [-0.1, -0.05) is 34.1 Å². The molecule has 0 aromatic heterocycles. The first kappa shape index (κ1) is 13.7. The predicted molar refractivity (Wildman–Crippen MR) is 70.4 cm³/mol. The monoisotopic (exact) mass is 321 g/mol. The van der Waals surface area contributed by atoms with Crippen molar-refractivity contribution < 1.29 is 13.2 Å². The molecule has 1 atom stereocenters. The summed E-state index contributed by atoms with van der Waals surface area (Å²) in [5, 5.41) is 0. The number of halogens is 4. The van der Waals surface area contributed by atoms with Crippen LogP contribution < -0.4 is 4.90 Å². The minimum Gasteiger partial charge on any atom is -0.370 e. The Morgan fingerprint density at radius 1 is 1.22 bits per heavy atom. The molecular formula is C13H15BrF3N. The molecule has 0 saturated heterocycles. The minimum absolute atomic E-state index is 0.0273. The number of alkyl halides is 4. The number of benzene rings is 1. The molecule has 2 rings (SSSR count). The first-order valence-electron chi connectivity index (χ1n) is 6.02. The lowest BCUT2D eigenvalue weighted by molar-refractivity contribution is -0.125. The molecule has 0 spiro atoms. The standard InChI is InChI=1S/C13H15BrF3N/c14-12(13(15,16)17)9-18-8-4-3-6-10-5-1-2-7-11(10)18/h1-2,5,7,12H,3-4,6,8-9H2. The van der Waals surface area contributed by atoms with E-state index in [2.05, 4.69) is 15.9 Å². The highest BCUT2D eigenvalue weighted by atomic mass is 79.9. The summed E-state index contributed by atoms with van der Waals surface area (Å²) < 4.78 is 37.8. The Morgan fingerprint density at radius 3 is 2.67 bits per heavy atom. The maximum atomic E-state index is 12.6. The maximum absolute atomic E-state index is 12.6. The van der Waals surface area contributed by atoms with Crippen molar-refractivity contribution in [1.82, 2.24) is 0 Å². The van der Waals surface area contributed by atoms with Crippen molar-refractivity contribution in [3.8, 4) is 0 Å². The van der Waals surface area contributed by atoms with Gasteiger partial charge in [0, 0.05) is 18.8 Å². The van der Waals surface area contributed by atoms with E-state index in [0.717, 1.165) is 30.5 Å². The Morgan fingerprint density at radius 2 is 1.94 bits per heavy atom. The summed E-state index contributed by atoms with van der Waals surface area (Å²) in [6, 6.07) is 7.74. The molecule has 0 amide bonds. The molecule has 18 heavy (non-hydrogen) atoms. The molecule has 0 aliphatic carbocycles. The highest BCUT2D eigenvalue weighted by Gasteiger charge is 2.39. The van der Waals surface area contributed by atoms with Gasteiger partial charge in [-0.15, -0.1) is 0 Å². The Kier molecular flexibility index (Phi) is 4.20. The molecule has 5 heteroatoms. The average molecular weight is 322 g/mol. The summed E-state index contributed by atoms with van der Waals surface area (Å²) >= 11 is 2.74. The summed E-state index contributed by atoms with van der Waals surface area (Å²) in [6.07, 6.45) is -1.27. The fourth-order valence-corrected chi connectivity index (χ4v) is 2.61. The lowest BCUT2D eigenvalue weighted by Crippen LogP contribution is -2.38. The quantitative estimate of drug-likeness (QED) is 0.739. The van der Waals surface area contributed by atoms with Gasteiger partial charge in [-0.25, -0.2) is 0 Å². The normalized spacial score (nSPS) is 18.1. The van der Waals surface area contributed by atoms with Crippen LogP contribution in [0.3, 0.4) is 0 Å². The second kappa shape index (κ2) is 5.51. The van der Waals surface area contributed by atoms with Crippen molar-refractivity contribution in [3.05, 3.63) is 29.8 Å². The topological polar surface area (TPSA) is 3.24 Å². The molecule has 0 radical (unpaired) electrons. The minimum atomic E-state index is -4.19. The lowest BCUT2D eigenvalue weighted by atomic mass is 10.1. The third kappa shape index (κ3) is 3.19. The Labute approximate surface area is 113 Å². The van der Waals surface area contributed by atoms with Crippen LogP contribution in [0.25, 0.3) is 0 Å². The first-order chi connectivity index (χ1) is 8.48. The zero-order valence-corrected chi connectivity index (χ0v) is 11.5. The van der Waals surface area contributed by atoms with Crippen LogP contribution in [0.1, 0.15) is 18.4 Å². The van der Waals surface area contributed by atoms with Crippen LogP contribution in [-0.2, 0) is 6.42 Å². The number of aryl methyl sites for hydroxylation is 1. The van der Waals surface area contributed by atoms with Gasteiger partial charge in [-0.05, 0) is 30.9 Å². The van der Waals surface area contributed by atoms with Gasteiger partial charge in [0.2, 0.25) is 0 Å². The molecule has 1 aromatic carbocycles. The number of nitrogens with zero attached hydrogens (tertiary/aromatic N) is 1. The molecule has 1 nitrogen and oxygen atoms in total. The summed E-state index contributed by atoms with van der Waals surface area (Å²) in [5.41, 5.74) is 2.10. The van der Waals surface area contributed by atoms with E-state index >= 15 is 0 Å². The second-order valence-electron chi connectivity index (χ2n) is 4.54. The van der Waals surface area contributed by atoms with E-state index in [1.807, 2.05) is 29.2 Å².